The summed E-state index contributed by atoms with van der Waals surface area (Å²) in [7, 11) is 0. The normalized spacial score (nSPS) is 11.1. The van der Waals surface area contributed by atoms with Crippen LogP contribution in [-0.4, -0.2) is 20.7 Å². The molecule has 0 atom stereocenters. The fourth-order valence-electron chi connectivity index (χ4n) is 2.73. The Kier molecular flexibility index (Phi) is 3.74. The quantitative estimate of drug-likeness (QED) is 0.609. The fraction of sp³-hybridized carbons (Fsp3) is 0.0556. The summed E-state index contributed by atoms with van der Waals surface area (Å²) >= 11 is 6.19. The number of primary amides is 1. The van der Waals surface area contributed by atoms with E-state index in [0.29, 0.717) is 39.7 Å². The summed E-state index contributed by atoms with van der Waals surface area (Å²) in [5.74, 6) is 0.602. The van der Waals surface area contributed by atoms with Crippen molar-refractivity contribution in [3.05, 3.63) is 71.2 Å². The molecule has 2 aromatic carbocycles. The lowest BCUT2D eigenvalue weighted by Crippen LogP contribution is -2.13. The van der Waals surface area contributed by atoms with E-state index in [4.69, 9.17) is 21.8 Å². The molecule has 0 fully saturated rings. The van der Waals surface area contributed by atoms with Crippen molar-refractivity contribution in [2.24, 2.45) is 5.73 Å². The standard InChI is InChI=1S/C18H13ClN4O2/c19-15-7-6-13(17(20)24)16-14(15)9-22-23(16)10-12-8-21-18(25-12)11-4-2-1-3-5-11/h1-9H,10H2,(H2,20,24). The highest BCUT2D eigenvalue weighted by atomic mass is 35.5. The highest BCUT2D eigenvalue weighted by molar-refractivity contribution is 6.36. The maximum absolute atomic E-state index is 11.7. The minimum absolute atomic E-state index is 0.309. The van der Waals surface area contributed by atoms with E-state index in [2.05, 4.69) is 10.1 Å². The Morgan fingerprint density at radius 1 is 1.16 bits per heavy atom. The van der Waals surface area contributed by atoms with E-state index >= 15 is 0 Å². The van der Waals surface area contributed by atoms with E-state index in [9.17, 15) is 4.79 Å². The highest BCUT2D eigenvalue weighted by Gasteiger charge is 2.16. The molecule has 0 aliphatic heterocycles. The summed E-state index contributed by atoms with van der Waals surface area (Å²) in [5, 5.41) is 5.49. The van der Waals surface area contributed by atoms with E-state index in [1.54, 1.807) is 29.2 Å². The third kappa shape index (κ3) is 2.77. The van der Waals surface area contributed by atoms with E-state index in [-0.39, 0.29) is 0 Å². The summed E-state index contributed by atoms with van der Waals surface area (Å²) in [6, 6.07) is 12.8. The minimum atomic E-state index is -0.536. The molecule has 0 aliphatic rings. The van der Waals surface area contributed by atoms with Crippen LogP contribution in [-0.2, 0) is 6.54 Å². The molecule has 4 aromatic rings. The molecule has 2 heterocycles. The van der Waals surface area contributed by atoms with Crippen molar-refractivity contribution in [3.63, 3.8) is 0 Å². The first kappa shape index (κ1) is 15.4. The Hall–Kier alpha value is -3.12. The monoisotopic (exact) mass is 352 g/mol. The Labute approximate surface area is 147 Å². The van der Waals surface area contributed by atoms with Gasteiger partial charge in [-0.15, -0.1) is 0 Å². The molecule has 2 N–H and O–H groups in total. The van der Waals surface area contributed by atoms with Crippen molar-refractivity contribution in [1.29, 1.82) is 0 Å². The second-order valence-corrected chi connectivity index (χ2v) is 5.93. The number of carbonyl (C=O) groups excluding carboxylic acids is 1. The van der Waals surface area contributed by atoms with Crippen LogP contribution in [0.1, 0.15) is 16.1 Å². The number of fused-ring (bicyclic) bond motifs is 1. The summed E-state index contributed by atoms with van der Waals surface area (Å²) in [5.41, 5.74) is 7.30. The number of benzene rings is 2. The van der Waals surface area contributed by atoms with Crippen molar-refractivity contribution in [2.75, 3.05) is 0 Å². The number of hydrogen-bond acceptors (Lipinski definition) is 4. The van der Waals surface area contributed by atoms with Crippen LogP contribution in [0.2, 0.25) is 5.02 Å². The number of halogens is 1. The Morgan fingerprint density at radius 2 is 1.96 bits per heavy atom. The molecule has 0 saturated carbocycles. The molecule has 25 heavy (non-hydrogen) atoms. The zero-order chi connectivity index (χ0) is 17.4. The van der Waals surface area contributed by atoms with Crippen LogP contribution in [0.25, 0.3) is 22.4 Å². The summed E-state index contributed by atoms with van der Waals surface area (Å²) < 4.78 is 7.44. The third-order valence-corrected chi connectivity index (χ3v) is 4.22. The van der Waals surface area contributed by atoms with Gasteiger partial charge in [0.2, 0.25) is 5.89 Å². The second-order valence-electron chi connectivity index (χ2n) is 5.52. The molecule has 124 valence electrons. The van der Waals surface area contributed by atoms with Gasteiger partial charge in [-0.2, -0.15) is 5.10 Å². The van der Waals surface area contributed by atoms with Gasteiger partial charge in [-0.3, -0.25) is 9.48 Å². The molecule has 7 heteroatoms. The van der Waals surface area contributed by atoms with Crippen LogP contribution in [0.4, 0.5) is 0 Å². The zero-order valence-electron chi connectivity index (χ0n) is 13.0. The van der Waals surface area contributed by atoms with Crippen molar-refractivity contribution in [2.45, 2.75) is 6.54 Å². The minimum Gasteiger partial charge on any atom is -0.439 e. The van der Waals surface area contributed by atoms with E-state index in [0.717, 1.165) is 5.56 Å². The SMILES string of the molecule is NC(=O)c1ccc(Cl)c2cnn(Cc3cnc(-c4ccccc4)o3)c12. The predicted molar refractivity (Wildman–Crippen MR) is 94.3 cm³/mol. The molecule has 1 amide bonds. The van der Waals surface area contributed by atoms with Crippen LogP contribution in [0, 0.1) is 0 Å². The van der Waals surface area contributed by atoms with Gasteiger partial charge in [0.25, 0.3) is 5.91 Å². The van der Waals surface area contributed by atoms with Gasteiger partial charge in [-0.1, -0.05) is 29.8 Å². The molecule has 0 radical (unpaired) electrons. The lowest BCUT2D eigenvalue weighted by Gasteiger charge is -2.05. The van der Waals surface area contributed by atoms with Crippen LogP contribution in [0.5, 0.6) is 0 Å². The number of aromatic nitrogens is 3. The number of nitrogens with zero attached hydrogens (tertiary/aromatic N) is 3. The topological polar surface area (TPSA) is 86.9 Å². The molecule has 0 aliphatic carbocycles. The Bertz CT molecular complexity index is 1070. The zero-order valence-corrected chi connectivity index (χ0v) is 13.8. The molecule has 4 rings (SSSR count). The number of amides is 1. The number of nitrogens with two attached hydrogens (primary N) is 1. The number of oxazole rings is 1. The van der Waals surface area contributed by atoms with Gasteiger partial charge in [-0.25, -0.2) is 4.98 Å². The van der Waals surface area contributed by atoms with Gasteiger partial charge in [0, 0.05) is 10.9 Å². The van der Waals surface area contributed by atoms with Crippen LogP contribution >= 0.6 is 11.6 Å². The van der Waals surface area contributed by atoms with E-state index in [1.165, 1.54) is 0 Å². The van der Waals surface area contributed by atoms with Crippen LogP contribution < -0.4 is 5.73 Å². The van der Waals surface area contributed by atoms with Gasteiger partial charge in [-0.05, 0) is 24.3 Å². The molecule has 0 unspecified atom stereocenters. The Morgan fingerprint density at radius 3 is 2.72 bits per heavy atom. The van der Waals surface area contributed by atoms with Gasteiger partial charge in [0.15, 0.2) is 0 Å². The molecule has 0 spiro atoms. The average Bonchev–Trinajstić information content (AvgIpc) is 3.24. The summed E-state index contributed by atoms with van der Waals surface area (Å²) in [6.07, 6.45) is 3.25. The van der Waals surface area contributed by atoms with Gasteiger partial charge >= 0.3 is 0 Å². The number of rotatable bonds is 4. The first-order valence-electron chi connectivity index (χ1n) is 7.57. The van der Waals surface area contributed by atoms with Crippen molar-refractivity contribution < 1.29 is 9.21 Å². The lowest BCUT2D eigenvalue weighted by atomic mass is 10.1. The van der Waals surface area contributed by atoms with Gasteiger partial charge in [0.1, 0.15) is 12.3 Å². The van der Waals surface area contributed by atoms with Crippen LogP contribution in [0.15, 0.2) is 59.3 Å². The van der Waals surface area contributed by atoms with Crippen molar-refractivity contribution in [3.8, 4) is 11.5 Å². The Balaban J connectivity index is 1.73. The number of carbonyl (C=O) groups is 1. The third-order valence-electron chi connectivity index (χ3n) is 3.89. The molecular weight excluding hydrogens is 340 g/mol. The largest absolute Gasteiger partial charge is 0.439 e. The number of hydrogen-bond donors (Lipinski definition) is 1. The van der Waals surface area contributed by atoms with Gasteiger partial charge < -0.3 is 10.2 Å². The first-order chi connectivity index (χ1) is 12.1. The summed E-state index contributed by atoms with van der Waals surface area (Å²) in [4.78, 5) is 16.0. The second kappa shape index (κ2) is 6.07. The van der Waals surface area contributed by atoms with E-state index in [1.807, 2.05) is 30.3 Å². The first-order valence-corrected chi connectivity index (χ1v) is 7.95. The molecule has 0 saturated heterocycles. The smallest absolute Gasteiger partial charge is 0.250 e. The predicted octanol–water partition coefficient (Wildman–Crippen LogP) is 3.49. The maximum atomic E-state index is 11.7. The summed E-state index contributed by atoms with van der Waals surface area (Å²) in [6.45, 7) is 0.309. The maximum Gasteiger partial charge on any atom is 0.250 e. The molecule has 0 bridgehead atoms. The average molecular weight is 353 g/mol. The van der Waals surface area contributed by atoms with Crippen molar-refractivity contribution >= 4 is 28.4 Å². The highest BCUT2D eigenvalue weighted by Crippen LogP contribution is 2.27. The van der Waals surface area contributed by atoms with Crippen LogP contribution in [0.3, 0.4) is 0 Å². The van der Waals surface area contributed by atoms with Crippen molar-refractivity contribution in [1.82, 2.24) is 14.8 Å². The molecular formula is C18H13ClN4O2. The lowest BCUT2D eigenvalue weighted by molar-refractivity contribution is 0.100. The molecule has 2 aromatic heterocycles. The van der Waals surface area contributed by atoms with E-state index < -0.39 is 5.91 Å². The molecule has 6 nitrogen and oxygen atoms in total. The fourth-order valence-corrected chi connectivity index (χ4v) is 2.93. The van der Waals surface area contributed by atoms with Gasteiger partial charge in [0.05, 0.1) is 28.5 Å².